The van der Waals surface area contributed by atoms with Crippen LogP contribution in [0.1, 0.15) is 25.6 Å². The summed E-state index contributed by atoms with van der Waals surface area (Å²) >= 11 is 14.5. The number of benzene rings is 2. The van der Waals surface area contributed by atoms with Crippen LogP contribution in [0.25, 0.3) is 0 Å². The third-order valence-electron chi connectivity index (χ3n) is 3.59. The van der Waals surface area contributed by atoms with Gasteiger partial charge in [-0.2, -0.15) is 0 Å². The monoisotopic (exact) mass is 436 g/mol. The van der Waals surface area contributed by atoms with E-state index in [1.165, 1.54) is 0 Å². The average molecular weight is 437 g/mol. The number of carbonyl (C=O) groups excluding carboxylic acids is 2. The highest BCUT2D eigenvalue weighted by Crippen LogP contribution is 2.25. The Labute approximate surface area is 175 Å². The Hall–Kier alpha value is -1.79. The molecule has 0 spiro atoms. The number of halogens is 2. The Balaban J connectivity index is 1.50. The molecule has 1 heterocycles. The number of ether oxygens (including phenoxy) is 1. The highest BCUT2D eigenvalue weighted by Gasteiger charge is 2.13. The summed E-state index contributed by atoms with van der Waals surface area (Å²) in [5, 5.41) is 0.711. The maximum atomic E-state index is 12.1. The van der Waals surface area contributed by atoms with Crippen molar-refractivity contribution in [3.05, 3.63) is 86.0 Å². The van der Waals surface area contributed by atoms with Crippen LogP contribution >= 0.6 is 46.3 Å². The number of thioether (sulfide) groups is 1. The number of ketones is 1. The zero-order chi connectivity index (χ0) is 19.2. The molecule has 3 nitrogen and oxygen atoms in total. The second-order valence-electron chi connectivity index (χ2n) is 5.54. The molecule has 3 rings (SSSR count). The Kier molecular flexibility index (Phi) is 6.96. The van der Waals surface area contributed by atoms with Gasteiger partial charge in [-0.15, -0.1) is 23.1 Å². The number of esters is 1. The van der Waals surface area contributed by atoms with Crippen molar-refractivity contribution < 1.29 is 14.3 Å². The number of thiophene rings is 1. The molecular formula is C20H14Cl2O3S2. The highest BCUT2D eigenvalue weighted by atomic mass is 35.5. The fourth-order valence-corrected chi connectivity index (χ4v) is 4.13. The summed E-state index contributed by atoms with van der Waals surface area (Å²) < 4.78 is 5.62. The number of hydrogen-bond acceptors (Lipinski definition) is 5. The van der Waals surface area contributed by atoms with E-state index >= 15 is 0 Å². The van der Waals surface area contributed by atoms with Crippen LogP contribution in [0, 0.1) is 0 Å². The van der Waals surface area contributed by atoms with Gasteiger partial charge in [-0.05, 0) is 54.1 Å². The van der Waals surface area contributed by atoms with E-state index in [4.69, 9.17) is 27.9 Å². The van der Waals surface area contributed by atoms with E-state index in [-0.39, 0.29) is 12.4 Å². The maximum absolute atomic E-state index is 12.1. The van der Waals surface area contributed by atoms with Crippen molar-refractivity contribution >= 4 is 58.1 Å². The number of carbonyl (C=O) groups is 2. The molecule has 1 aromatic heterocycles. The van der Waals surface area contributed by atoms with Gasteiger partial charge in [-0.1, -0.05) is 35.3 Å². The third-order valence-corrected chi connectivity index (χ3v) is 6.20. The molecule has 0 saturated carbocycles. The van der Waals surface area contributed by atoms with Gasteiger partial charge in [-0.25, -0.2) is 4.79 Å². The summed E-state index contributed by atoms with van der Waals surface area (Å²) in [6, 6.07) is 18.1. The van der Waals surface area contributed by atoms with Gasteiger partial charge >= 0.3 is 5.97 Å². The van der Waals surface area contributed by atoms with Crippen LogP contribution in [-0.2, 0) is 10.5 Å². The molecule has 0 atom stereocenters. The molecule has 0 N–H and O–H groups in total. The summed E-state index contributed by atoms with van der Waals surface area (Å²) in [6.07, 6.45) is 0. The quantitative estimate of drug-likeness (QED) is 0.244. The molecule has 0 radical (unpaired) electrons. The predicted molar refractivity (Wildman–Crippen MR) is 111 cm³/mol. The largest absolute Gasteiger partial charge is 0.454 e. The van der Waals surface area contributed by atoms with Gasteiger partial charge in [0, 0.05) is 15.7 Å². The summed E-state index contributed by atoms with van der Waals surface area (Å²) in [6.45, 7) is -0.302. The molecule has 0 fully saturated rings. The van der Waals surface area contributed by atoms with Gasteiger partial charge in [0.1, 0.15) is 0 Å². The minimum Gasteiger partial charge on any atom is -0.454 e. The van der Waals surface area contributed by atoms with Crippen LogP contribution < -0.4 is 0 Å². The van der Waals surface area contributed by atoms with Gasteiger partial charge < -0.3 is 4.74 Å². The molecule has 7 heteroatoms. The molecule has 27 heavy (non-hydrogen) atoms. The van der Waals surface area contributed by atoms with Crippen LogP contribution in [0.15, 0.2) is 65.6 Å². The second-order valence-corrected chi connectivity index (χ2v) is 8.74. The molecule has 0 aliphatic carbocycles. The summed E-state index contributed by atoms with van der Waals surface area (Å²) in [5.41, 5.74) is 1.49. The van der Waals surface area contributed by atoms with Crippen molar-refractivity contribution in [3.8, 4) is 0 Å². The molecule has 0 bridgehead atoms. The van der Waals surface area contributed by atoms with Crippen LogP contribution in [0.5, 0.6) is 0 Å². The first-order valence-electron chi connectivity index (χ1n) is 7.94. The van der Waals surface area contributed by atoms with Gasteiger partial charge in [0.05, 0.1) is 14.8 Å². The van der Waals surface area contributed by atoms with Crippen LogP contribution in [0.2, 0.25) is 9.36 Å². The molecular weight excluding hydrogens is 423 g/mol. The van der Waals surface area contributed by atoms with Crippen molar-refractivity contribution in [1.82, 2.24) is 0 Å². The highest BCUT2D eigenvalue weighted by molar-refractivity contribution is 7.98. The molecule has 0 saturated heterocycles. The van der Waals surface area contributed by atoms with Crippen molar-refractivity contribution in [3.63, 3.8) is 0 Å². The van der Waals surface area contributed by atoms with Crippen LogP contribution in [0.3, 0.4) is 0 Å². The van der Waals surface area contributed by atoms with E-state index in [2.05, 4.69) is 0 Å². The van der Waals surface area contributed by atoms with Gasteiger partial charge in [-0.3, -0.25) is 4.79 Å². The van der Waals surface area contributed by atoms with Crippen molar-refractivity contribution in [2.45, 2.75) is 10.6 Å². The van der Waals surface area contributed by atoms with E-state index in [9.17, 15) is 9.59 Å². The molecule has 0 aliphatic heterocycles. The first kappa shape index (κ1) is 20.0. The third kappa shape index (κ3) is 5.84. The lowest BCUT2D eigenvalue weighted by Crippen LogP contribution is -2.13. The van der Waals surface area contributed by atoms with E-state index < -0.39 is 5.97 Å². The Morgan fingerprint density at radius 1 is 0.926 bits per heavy atom. The standard InChI is InChI=1S/C20H14Cl2O3S2/c21-15-5-7-16(8-6-15)26-12-13-1-3-14(4-2-13)20(24)25-11-17(23)18-9-10-19(22)27-18/h1-10H,11-12H2. The molecule has 138 valence electrons. The Morgan fingerprint density at radius 3 is 2.26 bits per heavy atom. The number of hydrogen-bond donors (Lipinski definition) is 0. The fraction of sp³-hybridized carbons (Fsp3) is 0.100. The molecule has 0 aliphatic rings. The van der Waals surface area contributed by atoms with E-state index in [0.717, 1.165) is 27.5 Å². The predicted octanol–water partition coefficient (Wildman–Crippen LogP) is 6.39. The number of Topliss-reactive ketones (excluding diaryl/α,β-unsaturated/α-hetero) is 1. The van der Waals surface area contributed by atoms with Crippen molar-refractivity contribution in [2.75, 3.05) is 6.61 Å². The first-order chi connectivity index (χ1) is 13.0. The summed E-state index contributed by atoms with van der Waals surface area (Å²) in [7, 11) is 0. The minimum atomic E-state index is -0.525. The first-order valence-corrected chi connectivity index (χ1v) is 10.5. The van der Waals surface area contributed by atoms with Crippen LogP contribution in [0.4, 0.5) is 0 Å². The van der Waals surface area contributed by atoms with Crippen molar-refractivity contribution in [2.24, 2.45) is 0 Å². The smallest absolute Gasteiger partial charge is 0.338 e. The lowest BCUT2D eigenvalue weighted by atomic mass is 10.1. The summed E-state index contributed by atoms with van der Waals surface area (Å²) in [5.74, 6) is -0.0201. The minimum absolute atomic E-state index is 0.267. The van der Waals surface area contributed by atoms with Gasteiger partial charge in [0.2, 0.25) is 5.78 Å². The van der Waals surface area contributed by atoms with E-state index in [1.807, 2.05) is 36.4 Å². The Bertz CT molecular complexity index is 935. The average Bonchev–Trinajstić information content (AvgIpc) is 3.12. The second kappa shape index (κ2) is 9.42. The number of rotatable bonds is 7. The molecule has 0 amide bonds. The Morgan fingerprint density at radius 2 is 1.63 bits per heavy atom. The SMILES string of the molecule is O=C(OCC(=O)c1ccc(Cl)s1)c1ccc(CSc2ccc(Cl)cc2)cc1. The van der Waals surface area contributed by atoms with E-state index in [0.29, 0.717) is 19.8 Å². The van der Waals surface area contributed by atoms with Gasteiger partial charge in [0.15, 0.2) is 6.61 Å². The van der Waals surface area contributed by atoms with Crippen molar-refractivity contribution in [1.29, 1.82) is 0 Å². The molecule has 3 aromatic rings. The summed E-state index contributed by atoms with van der Waals surface area (Å²) in [4.78, 5) is 25.6. The van der Waals surface area contributed by atoms with Crippen LogP contribution in [-0.4, -0.2) is 18.4 Å². The molecule has 0 unspecified atom stereocenters. The fourth-order valence-electron chi connectivity index (χ4n) is 2.18. The zero-order valence-corrected chi connectivity index (χ0v) is 17.1. The van der Waals surface area contributed by atoms with Gasteiger partial charge in [0.25, 0.3) is 0 Å². The lowest BCUT2D eigenvalue weighted by molar-refractivity contribution is 0.0476. The van der Waals surface area contributed by atoms with E-state index in [1.54, 1.807) is 36.0 Å². The normalized spacial score (nSPS) is 10.6. The molecule has 2 aromatic carbocycles. The topological polar surface area (TPSA) is 43.4 Å². The zero-order valence-electron chi connectivity index (χ0n) is 14.0. The maximum Gasteiger partial charge on any atom is 0.338 e. The lowest BCUT2D eigenvalue weighted by Gasteiger charge is -2.05.